The van der Waals surface area contributed by atoms with E-state index in [1.54, 1.807) is 0 Å². The first kappa shape index (κ1) is 7.54. The van der Waals surface area contributed by atoms with Crippen molar-refractivity contribution in [3.63, 3.8) is 0 Å². The van der Waals surface area contributed by atoms with E-state index in [9.17, 15) is 4.79 Å². The van der Waals surface area contributed by atoms with Gasteiger partial charge < -0.3 is 10.4 Å². The van der Waals surface area contributed by atoms with Crippen molar-refractivity contribution in [2.45, 2.75) is 25.8 Å². The van der Waals surface area contributed by atoms with Crippen LogP contribution in [0.5, 0.6) is 0 Å². The van der Waals surface area contributed by atoms with Crippen LogP contribution in [0, 0.1) is 5.92 Å². The number of hydrogen-bond donors (Lipinski definition) is 2. The number of carboxylic acid groups (broad SMARTS) is 1. The first-order chi connectivity index (χ1) is 4.74. The van der Waals surface area contributed by atoms with Gasteiger partial charge in [0.15, 0.2) is 0 Å². The van der Waals surface area contributed by atoms with Gasteiger partial charge in [-0.25, -0.2) is 0 Å². The fourth-order valence-electron chi connectivity index (χ4n) is 1.31. The molecule has 0 amide bonds. The summed E-state index contributed by atoms with van der Waals surface area (Å²) in [5, 5.41) is 11.5. The van der Waals surface area contributed by atoms with Crippen molar-refractivity contribution >= 4 is 5.97 Å². The first-order valence-electron chi connectivity index (χ1n) is 3.70. The van der Waals surface area contributed by atoms with Gasteiger partial charge in [0.25, 0.3) is 0 Å². The van der Waals surface area contributed by atoms with E-state index in [-0.39, 0.29) is 6.04 Å². The number of hydrogen-bond acceptors (Lipinski definition) is 2. The van der Waals surface area contributed by atoms with Crippen LogP contribution in [-0.4, -0.2) is 23.7 Å². The molecule has 1 rings (SSSR count). The molecule has 0 bridgehead atoms. The summed E-state index contributed by atoms with van der Waals surface area (Å²) < 4.78 is 0. The lowest BCUT2D eigenvalue weighted by atomic mass is 10.0. The molecular weight excluding hydrogens is 130 g/mol. The molecular formula is C7H13NO2. The van der Waals surface area contributed by atoms with E-state index in [1.807, 2.05) is 0 Å². The molecule has 2 N–H and O–H groups in total. The van der Waals surface area contributed by atoms with Crippen LogP contribution in [0.3, 0.4) is 0 Å². The summed E-state index contributed by atoms with van der Waals surface area (Å²) in [5.74, 6) is -0.142. The molecule has 0 spiro atoms. The summed E-state index contributed by atoms with van der Waals surface area (Å²) in [6.07, 6.45) is 1.88. The molecule has 3 heteroatoms. The Labute approximate surface area is 60.4 Å². The second-order valence-electron chi connectivity index (χ2n) is 2.81. The largest absolute Gasteiger partial charge is 0.480 e. The summed E-state index contributed by atoms with van der Waals surface area (Å²) in [6, 6.07) is -0.287. The van der Waals surface area contributed by atoms with Gasteiger partial charge in [0.05, 0.1) is 0 Å². The number of carbonyl (C=O) groups is 1. The minimum absolute atomic E-state index is 0.287. The van der Waals surface area contributed by atoms with Crippen LogP contribution < -0.4 is 5.32 Å². The number of rotatable bonds is 2. The lowest BCUT2D eigenvalue weighted by Gasteiger charge is -2.02. The Morgan fingerprint density at radius 2 is 2.50 bits per heavy atom. The fourth-order valence-corrected chi connectivity index (χ4v) is 1.31. The van der Waals surface area contributed by atoms with Gasteiger partial charge in [-0.3, -0.25) is 4.79 Å². The Balaban J connectivity index is 2.35. The molecule has 1 heterocycles. The first-order valence-corrected chi connectivity index (χ1v) is 3.70. The summed E-state index contributed by atoms with van der Waals surface area (Å²) >= 11 is 0. The molecule has 0 aromatic heterocycles. The molecule has 10 heavy (non-hydrogen) atoms. The van der Waals surface area contributed by atoms with E-state index < -0.39 is 5.97 Å². The highest BCUT2D eigenvalue weighted by Crippen LogP contribution is 2.16. The van der Waals surface area contributed by atoms with Crippen LogP contribution in [0.4, 0.5) is 0 Å². The number of nitrogens with one attached hydrogen (secondary N) is 1. The van der Waals surface area contributed by atoms with Gasteiger partial charge in [-0.15, -0.1) is 0 Å². The van der Waals surface area contributed by atoms with Gasteiger partial charge in [-0.05, 0) is 18.9 Å². The third kappa shape index (κ3) is 1.48. The monoisotopic (exact) mass is 143 g/mol. The molecule has 2 atom stereocenters. The molecule has 58 valence electrons. The Hall–Kier alpha value is -0.570. The van der Waals surface area contributed by atoms with Gasteiger partial charge in [0.2, 0.25) is 0 Å². The summed E-state index contributed by atoms with van der Waals surface area (Å²) in [6.45, 7) is 2.96. The van der Waals surface area contributed by atoms with Gasteiger partial charge in [-0.1, -0.05) is 13.3 Å². The van der Waals surface area contributed by atoms with Crippen molar-refractivity contribution in [3.8, 4) is 0 Å². The molecule has 1 aliphatic heterocycles. The van der Waals surface area contributed by atoms with Crippen molar-refractivity contribution in [1.29, 1.82) is 0 Å². The maximum absolute atomic E-state index is 10.4. The topological polar surface area (TPSA) is 49.3 Å². The van der Waals surface area contributed by atoms with Crippen LogP contribution in [0.15, 0.2) is 0 Å². The van der Waals surface area contributed by atoms with Crippen LogP contribution in [-0.2, 0) is 4.79 Å². The Morgan fingerprint density at radius 3 is 2.80 bits per heavy atom. The average Bonchev–Trinajstić information content (AvgIpc) is 2.34. The molecule has 1 aliphatic rings. The molecule has 0 aromatic carbocycles. The molecule has 0 radical (unpaired) electrons. The predicted molar refractivity (Wildman–Crippen MR) is 37.8 cm³/mol. The standard InChI is InChI=1S/C7H13NO2/c1-2-5-3-6(7(9)10)8-4-5/h5-6,8H,2-4H2,1H3,(H,9,10)/t5?,6-/m0/s1. The zero-order valence-electron chi connectivity index (χ0n) is 6.13. The predicted octanol–water partition coefficient (Wildman–Crippen LogP) is 0.459. The van der Waals surface area contributed by atoms with E-state index in [4.69, 9.17) is 5.11 Å². The van der Waals surface area contributed by atoms with Crippen LogP contribution >= 0.6 is 0 Å². The fraction of sp³-hybridized carbons (Fsp3) is 0.857. The Bertz CT molecular complexity index is 136. The van der Waals surface area contributed by atoms with E-state index >= 15 is 0 Å². The zero-order valence-corrected chi connectivity index (χ0v) is 6.13. The smallest absolute Gasteiger partial charge is 0.320 e. The number of aliphatic carboxylic acids is 1. The van der Waals surface area contributed by atoms with Crippen molar-refractivity contribution in [1.82, 2.24) is 5.32 Å². The average molecular weight is 143 g/mol. The van der Waals surface area contributed by atoms with Crippen molar-refractivity contribution in [3.05, 3.63) is 0 Å². The maximum atomic E-state index is 10.4. The molecule has 0 aliphatic carbocycles. The Morgan fingerprint density at radius 1 is 1.80 bits per heavy atom. The van der Waals surface area contributed by atoms with E-state index in [0.717, 1.165) is 19.4 Å². The SMILES string of the molecule is CCC1CN[C@H](C(=O)O)C1. The quantitative estimate of drug-likeness (QED) is 0.590. The van der Waals surface area contributed by atoms with E-state index in [0.29, 0.717) is 5.92 Å². The van der Waals surface area contributed by atoms with Gasteiger partial charge in [0, 0.05) is 0 Å². The van der Waals surface area contributed by atoms with Gasteiger partial charge in [0.1, 0.15) is 6.04 Å². The highest BCUT2D eigenvalue weighted by Gasteiger charge is 2.27. The minimum Gasteiger partial charge on any atom is -0.480 e. The van der Waals surface area contributed by atoms with Crippen LogP contribution in [0.2, 0.25) is 0 Å². The molecule has 1 fully saturated rings. The minimum atomic E-state index is -0.712. The van der Waals surface area contributed by atoms with Gasteiger partial charge >= 0.3 is 5.97 Å². The molecule has 1 unspecified atom stereocenters. The second-order valence-corrected chi connectivity index (χ2v) is 2.81. The lowest BCUT2D eigenvalue weighted by Crippen LogP contribution is -2.29. The summed E-state index contributed by atoms with van der Waals surface area (Å²) in [5.41, 5.74) is 0. The number of carboxylic acids is 1. The Kier molecular flexibility index (Phi) is 2.27. The second kappa shape index (κ2) is 3.01. The third-order valence-electron chi connectivity index (χ3n) is 2.10. The maximum Gasteiger partial charge on any atom is 0.320 e. The van der Waals surface area contributed by atoms with E-state index in [2.05, 4.69) is 12.2 Å². The highest BCUT2D eigenvalue weighted by atomic mass is 16.4. The van der Waals surface area contributed by atoms with E-state index in [1.165, 1.54) is 0 Å². The third-order valence-corrected chi connectivity index (χ3v) is 2.10. The van der Waals surface area contributed by atoms with Crippen molar-refractivity contribution < 1.29 is 9.90 Å². The molecule has 1 saturated heterocycles. The molecule has 0 saturated carbocycles. The molecule has 3 nitrogen and oxygen atoms in total. The summed E-state index contributed by atoms with van der Waals surface area (Å²) in [4.78, 5) is 10.4. The highest BCUT2D eigenvalue weighted by molar-refractivity contribution is 5.73. The van der Waals surface area contributed by atoms with Gasteiger partial charge in [-0.2, -0.15) is 0 Å². The van der Waals surface area contributed by atoms with Crippen molar-refractivity contribution in [2.75, 3.05) is 6.54 Å². The normalized spacial score (nSPS) is 32.5. The summed E-state index contributed by atoms with van der Waals surface area (Å²) in [7, 11) is 0. The van der Waals surface area contributed by atoms with Crippen LogP contribution in [0.25, 0.3) is 0 Å². The molecule has 0 aromatic rings. The zero-order chi connectivity index (χ0) is 7.56. The lowest BCUT2D eigenvalue weighted by molar-refractivity contribution is -0.139. The van der Waals surface area contributed by atoms with Crippen LogP contribution in [0.1, 0.15) is 19.8 Å². The van der Waals surface area contributed by atoms with Crippen molar-refractivity contribution in [2.24, 2.45) is 5.92 Å².